The second-order valence-corrected chi connectivity index (χ2v) is 3.70. The van der Waals surface area contributed by atoms with Gasteiger partial charge in [0.25, 0.3) is 0 Å². The molecule has 0 fully saturated rings. The zero-order valence-corrected chi connectivity index (χ0v) is 8.86. The van der Waals surface area contributed by atoms with E-state index in [-0.39, 0.29) is 6.61 Å². The maximum absolute atomic E-state index is 8.75. The van der Waals surface area contributed by atoms with Crippen molar-refractivity contribution in [2.75, 3.05) is 6.61 Å². The summed E-state index contributed by atoms with van der Waals surface area (Å²) < 4.78 is 0. The van der Waals surface area contributed by atoms with Crippen molar-refractivity contribution in [1.29, 1.82) is 0 Å². The highest BCUT2D eigenvalue weighted by molar-refractivity contribution is 6.31. The fourth-order valence-electron chi connectivity index (χ4n) is 1.50. The predicted octanol–water partition coefficient (Wildman–Crippen LogP) is 2.88. The molecule has 0 spiro atoms. The van der Waals surface area contributed by atoms with Crippen LogP contribution in [0.5, 0.6) is 0 Å². The predicted molar refractivity (Wildman–Crippen MR) is 56.3 cm³/mol. The molecular formula is C11H15ClO. The van der Waals surface area contributed by atoms with Crippen molar-refractivity contribution in [3.63, 3.8) is 0 Å². The van der Waals surface area contributed by atoms with Gasteiger partial charge in [-0.3, -0.25) is 0 Å². The van der Waals surface area contributed by atoms with Crippen molar-refractivity contribution >= 4 is 11.6 Å². The summed E-state index contributed by atoms with van der Waals surface area (Å²) in [6.07, 6.45) is 1.72. The molecule has 1 rings (SSSR count). The van der Waals surface area contributed by atoms with E-state index in [0.29, 0.717) is 0 Å². The Kier molecular flexibility index (Phi) is 3.76. The molecule has 72 valence electrons. The summed E-state index contributed by atoms with van der Waals surface area (Å²) in [5, 5.41) is 9.56. The van der Waals surface area contributed by atoms with E-state index in [0.717, 1.165) is 23.4 Å². The number of aryl methyl sites for hydroxylation is 1. The van der Waals surface area contributed by atoms with Gasteiger partial charge >= 0.3 is 0 Å². The van der Waals surface area contributed by atoms with Gasteiger partial charge in [-0.25, -0.2) is 0 Å². The molecule has 0 bridgehead atoms. The average Bonchev–Trinajstić information content (AvgIpc) is 2.12. The van der Waals surface area contributed by atoms with Crippen LogP contribution in [0.4, 0.5) is 0 Å². The van der Waals surface area contributed by atoms with Gasteiger partial charge < -0.3 is 5.11 Å². The molecule has 0 aliphatic heterocycles. The molecule has 0 amide bonds. The lowest BCUT2D eigenvalue weighted by atomic mass is 9.99. The van der Waals surface area contributed by atoms with E-state index in [9.17, 15) is 0 Å². The molecule has 0 saturated heterocycles. The maximum atomic E-state index is 8.75. The molecule has 0 heterocycles. The van der Waals surface area contributed by atoms with Crippen LogP contribution in [-0.2, 0) is 6.42 Å². The van der Waals surface area contributed by atoms with Crippen molar-refractivity contribution < 1.29 is 5.11 Å². The first kappa shape index (κ1) is 10.6. The van der Waals surface area contributed by atoms with Crippen molar-refractivity contribution in [2.24, 2.45) is 0 Å². The Labute approximate surface area is 84.4 Å². The molecule has 0 aliphatic carbocycles. The Bertz CT molecular complexity index is 294. The van der Waals surface area contributed by atoms with E-state index in [1.807, 2.05) is 19.1 Å². The molecule has 2 heteroatoms. The van der Waals surface area contributed by atoms with E-state index in [4.69, 9.17) is 16.7 Å². The Balaban J connectivity index is 2.96. The molecule has 0 atom stereocenters. The maximum Gasteiger partial charge on any atom is 0.0438 e. The Morgan fingerprint density at radius 3 is 2.62 bits per heavy atom. The number of rotatable bonds is 3. The molecule has 0 saturated carbocycles. The first-order chi connectivity index (χ1) is 6.16. The highest BCUT2D eigenvalue weighted by Gasteiger charge is 2.05. The minimum absolute atomic E-state index is 0.241. The molecule has 1 aromatic rings. The zero-order chi connectivity index (χ0) is 9.84. The number of aliphatic hydroxyl groups excluding tert-OH is 1. The number of halogens is 1. The highest BCUT2D eigenvalue weighted by atomic mass is 35.5. The fraction of sp³-hybridized carbons (Fsp3) is 0.455. The van der Waals surface area contributed by atoms with Crippen LogP contribution in [0.25, 0.3) is 0 Å². The van der Waals surface area contributed by atoms with Gasteiger partial charge in [0, 0.05) is 11.6 Å². The summed E-state index contributed by atoms with van der Waals surface area (Å²) in [6.45, 7) is 4.35. The van der Waals surface area contributed by atoms with Crippen molar-refractivity contribution in [3.8, 4) is 0 Å². The molecule has 1 N–H and O–H groups in total. The summed E-state index contributed by atoms with van der Waals surface area (Å²) in [7, 11) is 0. The lowest BCUT2D eigenvalue weighted by molar-refractivity contribution is 0.288. The summed E-state index contributed by atoms with van der Waals surface area (Å²) in [4.78, 5) is 0. The molecule has 1 aromatic carbocycles. The van der Waals surface area contributed by atoms with Crippen molar-refractivity contribution in [3.05, 3.63) is 33.8 Å². The number of benzene rings is 1. The monoisotopic (exact) mass is 198 g/mol. The smallest absolute Gasteiger partial charge is 0.0438 e. The normalized spacial score (nSPS) is 10.5. The van der Waals surface area contributed by atoms with Crippen LogP contribution >= 0.6 is 11.6 Å². The van der Waals surface area contributed by atoms with Crippen LogP contribution in [0.15, 0.2) is 12.1 Å². The van der Waals surface area contributed by atoms with Gasteiger partial charge in [0.2, 0.25) is 0 Å². The highest BCUT2D eigenvalue weighted by Crippen LogP contribution is 2.23. The van der Waals surface area contributed by atoms with Gasteiger partial charge in [-0.2, -0.15) is 0 Å². The van der Waals surface area contributed by atoms with Crippen LogP contribution < -0.4 is 0 Å². The molecule has 0 unspecified atom stereocenters. The van der Waals surface area contributed by atoms with E-state index in [1.54, 1.807) is 0 Å². The van der Waals surface area contributed by atoms with Crippen LogP contribution in [0.3, 0.4) is 0 Å². The Morgan fingerprint density at radius 1 is 1.31 bits per heavy atom. The van der Waals surface area contributed by atoms with Gasteiger partial charge in [0.15, 0.2) is 0 Å². The molecular weight excluding hydrogens is 184 g/mol. The summed E-state index contributed by atoms with van der Waals surface area (Å²) >= 11 is 6.00. The zero-order valence-electron chi connectivity index (χ0n) is 8.10. The summed E-state index contributed by atoms with van der Waals surface area (Å²) in [6, 6.07) is 3.96. The van der Waals surface area contributed by atoms with Crippen molar-refractivity contribution in [1.82, 2.24) is 0 Å². The van der Waals surface area contributed by atoms with Crippen molar-refractivity contribution in [2.45, 2.75) is 26.7 Å². The SMILES string of the molecule is Cc1ccc(Cl)c(C)c1CCCO. The van der Waals surface area contributed by atoms with Crippen LogP contribution in [-0.4, -0.2) is 11.7 Å². The van der Waals surface area contributed by atoms with Gasteiger partial charge in [-0.1, -0.05) is 17.7 Å². The summed E-state index contributed by atoms with van der Waals surface area (Å²) in [5.74, 6) is 0. The van der Waals surface area contributed by atoms with Gasteiger partial charge in [-0.05, 0) is 49.4 Å². The molecule has 1 nitrogen and oxygen atoms in total. The third-order valence-corrected chi connectivity index (χ3v) is 2.76. The van der Waals surface area contributed by atoms with E-state index < -0.39 is 0 Å². The number of hydrogen-bond donors (Lipinski definition) is 1. The lowest BCUT2D eigenvalue weighted by Gasteiger charge is -2.10. The second-order valence-electron chi connectivity index (χ2n) is 3.29. The largest absolute Gasteiger partial charge is 0.396 e. The first-order valence-electron chi connectivity index (χ1n) is 4.52. The topological polar surface area (TPSA) is 20.2 Å². The standard InChI is InChI=1S/C11H15ClO/c1-8-5-6-11(12)9(2)10(8)4-3-7-13/h5-6,13H,3-4,7H2,1-2H3. The minimum Gasteiger partial charge on any atom is -0.396 e. The Hall–Kier alpha value is -0.530. The second kappa shape index (κ2) is 4.64. The average molecular weight is 199 g/mol. The third-order valence-electron chi connectivity index (χ3n) is 2.35. The van der Waals surface area contributed by atoms with E-state index >= 15 is 0 Å². The van der Waals surface area contributed by atoms with Crippen LogP contribution in [0.1, 0.15) is 23.1 Å². The van der Waals surface area contributed by atoms with Crippen LogP contribution in [0, 0.1) is 13.8 Å². The quantitative estimate of drug-likeness (QED) is 0.792. The summed E-state index contributed by atoms with van der Waals surface area (Å²) in [5.41, 5.74) is 3.69. The Morgan fingerprint density at radius 2 is 2.00 bits per heavy atom. The molecule has 13 heavy (non-hydrogen) atoms. The van der Waals surface area contributed by atoms with Gasteiger partial charge in [0.05, 0.1) is 0 Å². The minimum atomic E-state index is 0.241. The molecule has 0 aliphatic rings. The fourth-order valence-corrected chi connectivity index (χ4v) is 1.68. The van der Waals surface area contributed by atoms with E-state index in [2.05, 4.69) is 6.92 Å². The molecule has 0 aromatic heterocycles. The lowest BCUT2D eigenvalue weighted by Crippen LogP contribution is -1.96. The van der Waals surface area contributed by atoms with E-state index in [1.165, 1.54) is 11.1 Å². The number of hydrogen-bond acceptors (Lipinski definition) is 1. The third kappa shape index (κ3) is 2.45. The first-order valence-corrected chi connectivity index (χ1v) is 4.90. The van der Waals surface area contributed by atoms with Gasteiger partial charge in [0.1, 0.15) is 0 Å². The number of aliphatic hydroxyl groups is 1. The van der Waals surface area contributed by atoms with Crippen LogP contribution in [0.2, 0.25) is 5.02 Å². The van der Waals surface area contributed by atoms with Gasteiger partial charge in [-0.15, -0.1) is 0 Å². The molecule has 0 radical (unpaired) electrons.